The van der Waals surface area contributed by atoms with E-state index in [1.807, 2.05) is 0 Å². The van der Waals surface area contributed by atoms with Crippen molar-refractivity contribution in [3.8, 4) is 0 Å². The first-order valence-electron chi connectivity index (χ1n) is 5.30. The van der Waals surface area contributed by atoms with E-state index in [2.05, 4.69) is 15.5 Å². The lowest BCUT2D eigenvalue weighted by Crippen LogP contribution is -2.34. The highest BCUT2D eigenvalue weighted by Crippen LogP contribution is 2.04. The molecule has 2 N–H and O–H groups in total. The van der Waals surface area contributed by atoms with Gasteiger partial charge < -0.3 is 15.2 Å². The fraction of sp³-hybridized carbons (Fsp3) is 0.545. The average Bonchev–Trinajstić information content (AvgIpc) is 2.29. The molecule has 1 rings (SSSR count). The van der Waals surface area contributed by atoms with E-state index in [4.69, 9.17) is 4.74 Å². The lowest BCUT2D eigenvalue weighted by atomic mass is 10.2. The van der Waals surface area contributed by atoms with E-state index in [0.29, 0.717) is 17.0 Å². The van der Waals surface area contributed by atoms with Gasteiger partial charge in [-0.05, 0) is 19.9 Å². The van der Waals surface area contributed by atoms with Crippen LogP contribution in [0.1, 0.15) is 21.7 Å². The molecule has 0 saturated heterocycles. The van der Waals surface area contributed by atoms with Crippen LogP contribution in [0.3, 0.4) is 0 Å². The standard InChI is InChI=1S/C11H17N3O3/c1-7-4-10(8(2)14-13-7)11(16)12-5-9(15)6-17-3/h4,9,15H,5-6H2,1-3H3,(H,12,16). The Kier molecular flexibility index (Phi) is 4.99. The molecule has 0 saturated carbocycles. The second-order valence-electron chi connectivity index (χ2n) is 3.80. The monoisotopic (exact) mass is 239 g/mol. The van der Waals surface area contributed by atoms with Crippen molar-refractivity contribution in [1.29, 1.82) is 0 Å². The molecule has 0 bridgehead atoms. The number of aromatic nitrogens is 2. The summed E-state index contributed by atoms with van der Waals surface area (Å²) in [6.45, 7) is 3.82. The van der Waals surface area contributed by atoms with E-state index in [1.165, 1.54) is 7.11 Å². The molecule has 0 aliphatic heterocycles. The second kappa shape index (κ2) is 6.27. The minimum Gasteiger partial charge on any atom is -0.389 e. The zero-order chi connectivity index (χ0) is 12.8. The third kappa shape index (κ3) is 4.08. The Labute approximate surface area is 100 Å². The Morgan fingerprint density at radius 2 is 2.24 bits per heavy atom. The number of nitrogens with zero attached hydrogens (tertiary/aromatic N) is 2. The van der Waals surface area contributed by atoms with Gasteiger partial charge in [0.15, 0.2) is 0 Å². The minimum absolute atomic E-state index is 0.146. The third-order valence-electron chi connectivity index (χ3n) is 2.20. The Balaban J connectivity index is 2.61. The molecular formula is C11H17N3O3. The van der Waals surface area contributed by atoms with Crippen LogP contribution in [0.4, 0.5) is 0 Å². The topological polar surface area (TPSA) is 84.3 Å². The fourth-order valence-electron chi connectivity index (χ4n) is 1.34. The van der Waals surface area contributed by atoms with Crippen molar-refractivity contribution >= 4 is 5.91 Å². The van der Waals surface area contributed by atoms with E-state index in [9.17, 15) is 9.90 Å². The van der Waals surface area contributed by atoms with E-state index >= 15 is 0 Å². The fourth-order valence-corrected chi connectivity index (χ4v) is 1.34. The minimum atomic E-state index is -0.708. The molecule has 6 heteroatoms. The number of hydrogen-bond donors (Lipinski definition) is 2. The molecular weight excluding hydrogens is 222 g/mol. The van der Waals surface area contributed by atoms with E-state index < -0.39 is 6.10 Å². The van der Waals surface area contributed by atoms with Gasteiger partial charge in [0.1, 0.15) is 0 Å². The van der Waals surface area contributed by atoms with E-state index in [0.717, 1.165) is 0 Å². The highest BCUT2D eigenvalue weighted by molar-refractivity contribution is 5.95. The van der Waals surface area contributed by atoms with Crippen molar-refractivity contribution in [2.45, 2.75) is 20.0 Å². The van der Waals surface area contributed by atoms with Crippen LogP contribution >= 0.6 is 0 Å². The van der Waals surface area contributed by atoms with Crippen molar-refractivity contribution in [2.24, 2.45) is 0 Å². The van der Waals surface area contributed by atoms with E-state index in [1.54, 1.807) is 19.9 Å². The van der Waals surface area contributed by atoms with Crippen LogP contribution in [0.25, 0.3) is 0 Å². The number of nitrogens with one attached hydrogen (secondary N) is 1. The van der Waals surface area contributed by atoms with Gasteiger partial charge in [0.2, 0.25) is 0 Å². The molecule has 1 aromatic heterocycles. The van der Waals surface area contributed by atoms with Gasteiger partial charge in [-0.25, -0.2) is 0 Å². The number of aliphatic hydroxyl groups is 1. The number of amides is 1. The van der Waals surface area contributed by atoms with Gasteiger partial charge in [-0.1, -0.05) is 0 Å². The first-order valence-corrected chi connectivity index (χ1v) is 5.30. The maximum Gasteiger partial charge on any atom is 0.253 e. The highest BCUT2D eigenvalue weighted by atomic mass is 16.5. The zero-order valence-corrected chi connectivity index (χ0v) is 10.2. The molecule has 17 heavy (non-hydrogen) atoms. The molecule has 0 radical (unpaired) electrons. The molecule has 1 amide bonds. The molecule has 0 spiro atoms. The Morgan fingerprint density at radius 1 is 1.53 bits per heavy atom. The van der Waals surface area contributed by atoms with Crippen LogP contribution in [0.5, 0.6) is 0 Å². The van der Waals surface area contributed by atoms with Crippen LogP contribution in [0, 0.1) is 13.8 Å². The van der Waals surface area contributed by atoms with Crippen LogP contribution < -0.4 is 5.32 Å². The number of rotatable bonds is 5. The summed E-state index contributed by atoms with van der Waals surface area (Å²) in [6, 6.07) is 1.67. The Hall–Kier alpha value is -1.53. The largest absolute Gasteiger partial charge is 0.389 e. The maximum absolute atomic E-state index is 11.8. The maximum atomic E-state index is 11.8. The molecule has 1 aromatic rings. The summed E-state index contributed by atoms with van der Waals surface area (Å²) in [6.07, 6.45) is -0.708. The van der Waals surface area contributed by atoms with Gasteiger partial charge in [0.25, 0.3) is 5.91 Å². The first kappa shape index (κ1) is 13.5. The van der Waals surface area contributed by atoms with Gasteiger partial charge >= 0.3 is 0 Å². The SMILES string of the molecule is COCC(O)CNC(=O)c1cc(C)nnc1C. The van der Waals surface area contributed by atoms with Gasteiger partial charge in [-0.15, -0.1) is 0 Å². The molecule has 0 aliphatic rings. The van der Waals surface area contributed by atoms with Gasteiger partial charge in [0.05, 0.1) is 29.7 Å². The summed E-state index contributed by atoms with van der Waals surface area (Å²) in [5.41, 5.74) is 1.72. The van der Waals surface area contributed by atoms with Crippen molar-refractivity contribution in [1.82, 2.24) is 15.5 Å². The molecule has 0 aliphatic carbocycles. The second-order valence-corrected chi connectivity index (χ2v) is 3.80. The quantitative estimate of drug-likeness (QED) is 0.745. The van der Waals surface area contributed by atoms with Crippen molar-refractivity contribution in [3.63, 3.8) is 0 Å². The van der Waals surface area contributed by atoms with Crippen LogP contribution in [0.2, 0.25) is 0 Å². The molecule has 1 unspecified atom stereocenters. The molecule has 1 atom stereocenters. The summed E-state index contributed by atoms with van der Waals surface area (Å²) in [5.74, 6) is -0.268. The summed E-state index contributed by atoms with van der Waals surface area (Å²) in [5, 5.41) is 19.7. The third-order valence-corrected chi connectivity index (χ3v) is 2.20. The number of aryl methyl sites for hydroxylation is 2. The highest BCUT2D eigenvalue weighted by Gasteiger charge is 2.12. The van der Waals surface area contributed by atoms with Crippen LogP contribution in [-0.2, 0) is 4.74 Å². The summed E-state index contributed by atoms with van der Waals surface area (Å²) >= 11 is 0. The summed E-state index contributed by atoms with van der Waals surface area (Å²) in [7, 11) is 1.49. The van der Waals surface area contributed by atoms with Gasteiger partial charge in [-0.3, -0.25) is 4.79 Å². The molecule has 6 nitrogen and oxygen atoms in total. The number of carbonyl (C=O) groups is 1. The van der Waals surface area contributed by atoms with Crippen molar-refractivity contribution in [2.75, 3.05) is 20.3 Å². The smallest absolute Gasteiger partial charge is 0.253 e. The number of methoxy groups -OCH3 is 1. The number of hydrogen-bond acceptors (Lipinski definition) is 5. The lowest BCUT2D eigenvalue weighted by molar-refractivity contribution is 0.0609. The predicted octanol–water partition coefficient (Wildman–Crippen LogP) is -0.169. The van der Waals surface area contributed by atoms with Crippen molar-refractivity contribution < 1.29 is 14.6 Å². The molecule has 1 heterocycles. The Morgan fingerprint density at radius 3 is 2.88 bits per heavy atom. The lowest BCUT2D eigenvalue weighted by Gasteiger charge is -2.11. The zero-order valence-electron chi connectivity index (χ0n) is 10.2. The van der Waals surface area contributed by atoms with Gasteiger partial charge in [-0.2, -0.15) is 10.2 Å². The van der Waals surface area contributed by atoms with Gasteiger partial charge in [0, 0.05) is 13.7 Å². The number of aliphatic hydroxyl groups excluding tert-OH is 1. The average molecular weight is 239 g/mol. The number of carbonyl (C=O) groups excluding carboxylic acids is 1. The van der Waals surface area contributed by atoms with Crippen LogP contribution in [-0.4, -0.2) is 47.6 Å². The van der Waals surface area contributed by atoms with Crippen LogP contribution in [0.15, 0.2) is 6.07 Å². The Bertz CT molecular complexity index is 396. The van der Waals surface area contributed by atoms with Crippen molar-refractivity contribution in [3.05, 3.63) is 23.0 Å². The molecule has 94 valence electrons. The predicted molar refractivity (Wildman–Crippen MR) is 61.7 cm³/mol. The summed E-state index contributed by atoms with van der Waals surface area (Å²) in [4.78, 5) is 11.8. The number of ether oxygens (including phenoxy) is 1. The summed E-state index contributed by atoms with van der Waals surface area (Å²) < 4.78 is 4.76. The molecule has 0 aromatic carbocycles. The first-order chi connectivity index (χ1) is 8.04. The normalized spacial score (nSPS) is 12.2. The molecule has 0 fully saturated rings. The van der Waals surface area contributed by atoms with E-state index in [-0.39, 0.29) is 19.1 Å².